The lowest BCUT2D eigenvalue weighted by Gasteiger charge is -2.05. The molecule has 0 spiro atoms. The lowest BCUT2D eigenvalue weighted by atomic mass is 10.2. The molecule has 0 aliphatic heterocycles. The monoisotopic (exact) mass is 415 g/mol. The SMILES string of the molecule is C/C=C(\C=C/CNc1ncc2nnn(-c3cccc(F)c3)c2n1)CNCCF.CC. The molecule has 0 aliphatic rings. The van der Waals surface area contributed by atoms with E-state index in [0.717, 1.165) is 5.57 Å². The zero-order valence-corrected chi connectivity index (χ0v) is 17.4. The summed E-state index contributed by atoms with van der Waals surface area (Å²) in [6.45, 7) is 7.00. The van der Waals surface area contributed by atoms with Crippen LogP contribution in [0.3, 0.4) is 0 Å². The lowest BCUT2D eigenvalue weighted by molar-refractivity contribution is 0.474. The fourth-order valence-corrected chi connectivity index (χ4v) is 2.51. The van der Waals surface area contributed by atoms with E-state index in [0.29, 0.717) is 42.4 Å². The van der Waals surface area contributed by atoms with Crippen LogP contribution in [-0.2, 0) is 0 Å². The number of allylic oxidation sites excluding steroid dienone is 1. The molecule has 0 amide bonds. The minimum Gasteiger partial charge on any atom is -0.351 e. The maximum Gasteiger partial charge on any atom is 0.225 e. The number of benzene rings is 1. The van der Waals surface area contributed by atoms with Gasteiger partial charge in [0.25, 0.3) is 0 Å². The highest BCUT2D eigenvalue weighted by Gasteiger charge is 2.10. The molecule has 0 aliphatic carbocycles. The molecule has 1 aromatic carbocycles. The van der Waals surface area contributed by atoms with Crippen molar-refractivity contribution in [3.05, 3.63) is 60.1 Å². The van der Waals surface area contributed by atoms with E-state index in [1.165, 1.54) is 16.8 Å². The van der Waals surface area contributed by atoms with Crippen molar-refractivity contribution < 1.29 is 8.78 Å². The van der Waals surface area contributed by atoms with E-state index in [1.54, 1.807) is 18.3 Å². The first-order valence-electron chi connectivity index (χ1n) is 9.88. The highest BCUT2D eigenvalue weighted by Crippen LogP contribution is 2.15. The Balaban J connectivity index is 0.00000155. The van der Waals surface area contributed by atoms with Crippen molar-refractivity contribution in [1.82, 2.24) is 30.3 Å². The molecule has 0 atom stereocenters. The average molecular weight is 415 g/mol. The van der Waals surface area contributed by atoms with Gasteiger partial charge in [-0.3, -0.25) is 0 Å². The van der Waals surface area contributed by atoms with Crippen LogP contribution in [0.5, 0.6) is 0 Å². The van der Waals surface area contributed by atoms with E-state index in [2.05, 4.69) is 30.9 Å². The zero-order chi connectivity index (χ0) is 21.8. The largest absolute Gasteiger partial charge is 0.351 e. The Labute approximate surface area is 174 Å². The molecule has 160 valence electrons. The second-order valence-electron chi connectivity index (χ2n) is 5.90. The molecule has 0 saturated heterocycles. The first kappa shape index (κ1) is 23.1. The van der Waals surface area contributed by atoms with Crippen LogP contribution in [0.25, 0.3) is 16.9 Å². The Hall–Kier alpha value is -3.20. The summed E-state index contributed by atoms with van der Waals surface area (Å²) < 4.78 is 27.1. The number of hydrogen-bond donors (Lipinski definition) is 2. The van der Waals surface area contributed by atoms with E-state index in [-0.39, 0.29) is 12.5 Å². The van der Waals surface area contributed by atoms with Crippen LogP contribution in [0.1, 0.15) is 20.8 Å². The van der Waals surface area contributed by atoms with Crippen LogP contribution in [0.15, 0.2) is 54.3 Å². The predicted molar refractivity (Wildman–Crippen MR) is 116 cm³/mol. The van der Waals surface area contributed by atoms with Crippen LogP contribution in [0.2, 0.25) is 0 Å². The molecule has 0 radical (unpaired) electrons. The van der Waals surface area contributed by atoms with Crippen molar-refractivity contribution in [2.75, 3.05) is 31.6 Å². The number of halogens is 2. The normalized spacial score (nSPS) is 11.6. The van der Waals surface area contributed by atoms with Gasteiger partial charge in [0.05, 0.1) is 11.9 Å². The van der Waals surface area contributed by atoms with Crippen molar-refractivity contribution in [2.45, 2.75) is 20.8 Å². The molecule has 2 heterocycles. The summed E-state index contributed by atoms with van der Waals surface area (Å²) in [4.78, 5) is 8.64. The second kappa shape index (κ2) is 12.4. The molecule has 0 saturated carbocycles. The van der Waals surface area contributed by atoms with Crippen molar-refractivity contribution in [3.8, 4) is 5.69 Å². The Kier molecular flexibility index (Phi) is 9.53. The Morgan fingerprint density at radius 2 is 2.10 bits per heavy atom. The van der Waals surface area contributed by atoms with E-state index in [4.69, 9.17) is 0 Å². The van der Waals surface area contributed by atoms with Gasteiger partial charge in [-0.1, -0.05) is 43.4 Å². The van der Waals surface area contributed by atoms with Crippen LogP contribution in [0, 0.1) is 5.82 Å². The standard InChI is InChI=1S/C19H21F2N7.C2H6/c1-2-14(12-22-10-8-20)5-4-9-23-19-24-13-17-18(25-19)28(27-26-17)16-7-3-6-15(21)11-16;1-2/h2-7,11,13,22H,8-10,12H2,1H3,(H,23,24,25);1-2H3/b5-4-,14-2+;. The van der Waals surface area contributed by atoms with Crippen LogP contribution >= 0.6 is 0 Å². The fraction of sp³-hybridized carbons (Fsp3) is 0.333. The fourth-order valence-electron chi connectivity index (χ4n) is 2.51. The van der Waals surface area contributed by atoms with Gasteiger partial charge >= 0.3 is 0 Å². The number of alkyl halides is 1. The number of fused-ring (bicyclic) bond motifs is 1. The third kappa shape index (κ3) is 6.41. The number of rotatable bonds is 9. The minimum absolute atomic E-state index is 0.338. The maximum absolute atomic E-state index is 13.5. The van der Waals surface area contributed by atoms with Gasteiger partial charge in [0.1, 0.15) is 12.5 Å². The van der Waals surface area contributed by atoms with Gasteiger partial charge in [-0.15, -0.1) is 5.10 Å². The molecule has 7 nitrogen and oxygen atoms in total. The third-order valence-electron chi connectivity index (χ3n) is 3.93. The first-order valence-corrected chi connectivity index (χ1v) is 9.88. The van der Waals surface area contributed by atoms with Gasteiger partial charge in [-0.2, -0.15) is 9.67 Å². The van der Waals surface area contributed by atoms with E-state index in [1.807, 2.05) is 39.0 Å². The molecule has 9 heteroatoms. The van der Waals surface area contributed by atoms with Crippen LogP contribution < -0.4 is 10.6 Å². The molecule has 2 aromatic heterocycles. The highest BCUT2D eigenvalue weighted by atomic mass is 19.1. The molecule has 0 bridgehead atoms. The second-order valence-corrected chi connectivity index (χ2v) is 5.90. The number of hydrogen-bond acceptors (Lipinski definition) is 6. The minimum atomic E-state index is -0.386. The Bertz CT molecular complexity index is 982. The summed E-state index contributed by atoms with van der Waals surface area (Å²) in [7, 11) is 0. The summed E-state index contributed by atoms with van der Waals surface area (Å²) in [5, 5.41) is 14.2. The topological polar surface area (TPSA) is 80.6 Å². The van der Waals surface area contributed by atoms with Gasteiger partial charge in [0, 0.05) is 19.6 Å². The molecule has 0 fully saturated rings. The Morgan fingerprint density at radius 3 is 2.83 bits per heavy atom. The molecular weight excluding hydrogens is 388 g/mol. The summed E-state index contributed by atoms with van der Waals surface area (Å²) in [5.74, 6) is 0.0502. The number of nitrogens with one attached hydrogen (secondary N) is 2. The van der Waals surface area contributed by atoms with Crippen molar-refractivity contribution in [3.63, 3.8) is 0 Å². The zero-order valence-electron chi connectivity index (χ0n) is 17.4. The molecule has 3 aromatic rings. The summed E-state index contributed by atoms with van der Waals surface area (Å²) >= 11 is 0. The number of aromatic nitrogens is 5. The van der Waals surface area contributed by atoms with Crippen molar-refractivity contribution >= 4 is 17.1 Å². The van der Waals surface area contributed by atoms with Gasteiger partial charge in [0.2, 0.25) is 5.95 Å². The summed E-state index contributed by atoms with van der Waals surface area (Å²) in [5.41, 5.74) is 2.59. The number of nitrogens with zero attached hydrogens (tertiary/aromatic N) is 5. The molecule has 30 heavy (non-hydrogen) atoms. The summed E-state index contributed by atoms with van der Waals surface area (Å²) in [6.07, 6.45) is 7.42. The van der Waals surface area contributed by atoms with Crippen LogP contribution in [-0.4, -0.2) is 51.3 Å². The molecule has 0 unspecified atom stereocenters. The predicted octanol–water partition coefficient (Wildman–Crippen LogP) is 3.85. The highest BCUT2D eigenvalue weighted by molar-refractivity contribution is 5.71. The van der Waals surface area contributed by atoms with Gasteiger partial charge in [0.15, 0.2) is 11.2 Å². The van der Waals surface area contributed by atoms with Gasteiger partial charge in [-0.05, 0) is 30.7 Å². The quantitative estimate of drug-likeness (QED) is 0.408. The molecule has 2 N–H and O–H groups in total. The third-order valence-corrected chi connectivity index (χ3v) is 3.93. The van der Waals surface area contributed by atoms with Crippen molar-refractivity contribution in [1.29, 1.82) is 0 Å². The first-order chi connectivity index (χ1) is 14.7. The average Bonchev–Trinajstić information content (AvgIpc) is 3.20. The molecule has 3 rings (SSSR count). The summed E-state index contributed by atoms with van der Waals surface area (Å²) in [6, 6.07) is 6.06. The van der Waals surface area contributed by atoms with Crippen LogP contribution in [0.4, 0.5) is 14.7 Å². The molecular formula is C21H27F2N7. The smallest absolute Gasteiger partial charge is 0.225 e. The van der Waals surface area contributed by atoms with E-state index < -0.39 is 0 Å². The van der Waals surface area contributed by atoms with Gasteiger partial charge < -0.3 is 10.6 Å². The Morgan fingerprint density at radius 1 is 1.27 bits per heavy atom. The van der Waals surface area contributed by atoms with Crippen molar-refractivity contribution in [2.24, 2.45) is 0 Å². The number of anilines is 1. The van der Waals surface area contributed by atoms with E-state index >= 15 is 0 Å². The van der Waals surface area contributed by atoms with E-state index in [9.17, 15) is 8.78 Å². The lowest BCUT2D eigenvalue weighted by Crippen LogP contribution is -2.19. The van der Waals surface area contributed by atoms with Gasteiger partial charge in [-0.25, -0.2) is 13.8 Å². The maximum atomic E-state index is 13.5.